The van der Waals surface area contributed by atoms with E-state index in [-0.39, 0.29) is 17.5 Å². The number of hydrogen-bond acceptors (Lipinski definition) is 5. The SMILES string of the molecule is COc1nc(C)c(OC)c(C(C)=O)n1. The summed E-state index contributed by atoms with van der Waals surface area (Å²) in [5, 5.41) is 0. The van der Waals surface area contributed by atoms with Gasteiger partial charge < -0.3 is 9.47 Å². The van der Waals surface area contributed by atoms with Gasteiger partial charge in [-0.2, -0.15) is 9.97 Å². The zero-order chi connectivity index (χ0) is 10.7. The van der Waals surface area contributed by atoms with Gasteiger partial charge in [0.2, 0.25) is 0 Å². The summed E-state index contributed by atoms with van der Waals surface area (Å²) in [6, 6.07) is 0.175. The summed E-state index contributed by atoms with van der Waals surface area (Å²) in [6.07, 6.45) is 0. The highest BCUT2D eigenvalue weighted by Crippen LogP contribution is 2.22. The third-order valence-electron chi connectivity index (χ3n) is 1.73. The van der Waals surface area contributed by atoms with Crippen LogP contribution >= 0.6 is 0 Å². The third-order valence-corrected chi connectivity index (χ3v) is 1.73. The van der Waals surface area contributed by atoms with Crippen molar-refractivity contribution in [2.45, 2.75) is 13.8 Å². The Hall–Kier alpha value is -1.65. The number of Topliss-reactive ketones (excluding diaryl/α,β-unsaturated/α-hetero) is 1. The van der Waals surface area contributed by atoms with Gasteiger partial charge >= 0.3 is 6.01 Å². The van der Waals surface area contributed by atoms with Gasteiger partial charge in [-0.15, -0.1) is 0 Å². The van der Waals surface area contributed by atoms with Gasteiger partial charge in [0.15, 0.2) is 17.2 Å². The molecule has 5 heteroatoms. The number of aromatic nitrogens is 2. The minimum atomic E-state index is -0.175. The Labute approximate surface area is 82.1 Å². The van der Waals surface area contributed by atoms with Gasteiger partial charge in [0.25, 0.3) is 0 Å². The molecule has 1 heterocycles. The molecule has 0 atom stereocenters. The Bertz CT molecular complexity index is 363. The van der Waals surface area contributed by atoms with Crippen LogP contribution in [0.3, 0.4) is 0 Å². The molecule has 1 aromatic rings. The lowest BCUT2D eigenvalue weighted by molar-refractivity contribution is 0.100. The Balaban J connectivity index is 3.35. The molecule has 0 aromatic carbocycles. The molecule has 0 aliphatic rings. The monoisotopic (exact) mass is 196 g/mol. The summed E-state index contributed by atoms with van der Waals surface area (Å²) >= 11 is 0. The second-order valence-electron chi connectivity index (χ2n) is 2.73. The fourth-order valence-corrected chi connectivity index (χ4v) is 1.11. The van der Waals surface area contributed by atoms with Crippen molar-refractivity contribution in [3.63, 3.8) is 0 Å². The molecular formula is C9H12N2O3. The van der Waals surface area contributed by atoms with Crippen LogP contribution in [0.4, 0.5) is 0 Å². The molecule has 0 amide bonds. The van der Waals surface area contributed by atoms with E-state index in [1.165, 1.54) is 21.1 Å². The van der Waals surface area contributed by atoms with Crippen molar-refractivity contribution in [3.8, 4) is 11.8 Å². The Morgan fingerprint density at radius 2 is 1.86 bits per heavy atom. The zero-order valence-corrected chi connectivity index (χ0v) is 8.62. The maximum atomic E-state index is 11.2. The van der Waals surface area contributed by atoms with E-state index >= 15 is 0 Å². The van der Waals surface area contributed by atoms with E-state index in [9.17, 15) is 4.79 Å². The van der Waals surface area contributed by atoms with E-state index in [2.05, 4.69) is 9.97 Å². The fourth-order valence-electron chi connectivity index (χ4n) is 1.11. The van der Waals surface area contributed by atoms with Gasteiger partial charge in [0.05, 0.1) is 19.9 Å². The molecule has 0 N–H and O–H groups in total. The van der Waals surface area contributed by atoms with E-state index < -0.39 is 0 Å². The van der Waals surface area contributed by atoms with Gasteiger partial charge in [-0.3, -0.25) is 4.79 Å². The fraction of sp³-hybridized carbons (Fsp3) is 0.444. The second kappa shape index (κ2) is 4.04. The summed E-state index contributed by atoms with van der Waals surface area (Å²) in [5.41, 5.74) is 0.835. The molecule has 1 aromatic heterocycles. The normalized spacial score (nSPS) is 9.71. The highest BCUT2D eigenvalue weighted by molar-refractivity contribution is 5.95. The number of rotatable bonds is 3. The molecule has 0 radical (unpaired) electrons. The lowest BCUT2D eigenvalue weighted by Crippen LogP contribution is -2.06. The molecule has 0 aliphatic carbocycles. The van der Waals surface area contributed by atoms with Crippen LogP contribution in [-0.2, 0) is 0 Å². The minimum absolute atomic E-state index is 0.175. The van der Waals surface area contributed by atoms with Gasteiger partial charge in [0, 0.05) is 6.92 Å². The second-order valence-corrected chi connectivity index (χ2v) is 2.73. The Morgan fingerprint density at radius 3 is 2.29 bits per heavy atom. The first-order chi connectivity index (χ1) is 6.60. The number of carbonyl (C=O) groups excluding carboxylic acids is 1. The zero-order valence-electron chi connectivity index (χ0n) is 8.62. The first-order valence-electron chi connectivity index (χ1n) is 4.07. The van der Waals surface area contributed by atoms with Crippen molar-refractivity contribution in [1.29, 1.82) is 0 Å². The molecule has 0 saturated heterocycles. The molecule has 0 unspecified atom stereocenters. The first-order valence-corrected chi connectivity index (χ1v) is 4.07. The number of methoxy groups -OCH3 is 2. The lowest BCUT2D eigenvalue weighted by Gasteiger charge is -2.08. The molecule has 0 saturated carbocycles. The molecule has 0 bridgehead atoms. The van der Waals surface area contributed by atoms with Crippen LogP contribution in [0.1, 0.15) is 23.1 Å². The predicted molar refractivity (Wildman–Crippen MR) is 49.9 cm³/mol. The van der Waals surface area contributed by atoms with Crippen molar-refractivity contribution >= 4 is 5.78 Å². The van der Waals surface area contributed by atoms with Gasteiger partial charge in [-0.1, -0.05) is 0 Å². The highest BCUT2D eigenvalue weighted by atomic mass is 16.5. The molecule has 0 fully saturated rings. The van der Waals surface area contributed by atoms with Crippen molar-refractivity contribution in [2.24, 2.45) is 0 Å². The molecule has 0 spiro atoms. The number of hydrogen-bond donors (Lipinski definition) is 0. The quantitative estimate of drug-likeness (QED) is 0.675. The average Bonchev–Trinajstić information content (AvgIpc) is 2.16. The minimum Gasteiger partial charge on any atom is -0.492 e. The van der Waals surface area contributed by atoms with Gasteiger partial charge in [0.1, 0.15) is 0 Å². The number of ketones is 1. The van der Waals surface area contributed by atoms with Crippen molar-refractivity contribution in [2.75, 3.05) is 14.2 Å². The summed E-state index contributed by atoms with van der Waals surface area (Å²) < 4.78 is 9.89. The number of carbonyl (C=O) groups is 1. The maximum absolute atomic E-state index is 11.2. The van der Waals surface area contributed by atoms with Crippen LogP contribution < -0.4 is 9.47 Å². The summed E-state index contributed by atoms with van der Waals surface area (Å²) in [4.78, 5) is 19.1. The van der Waals surface area contributed by atoms with Gasteiger partial charge in [-0.05, 0) is 6.92 Å². The van der Waals surface area contributed by atoms with Crippen molar-refractivity contribution in [1.82, 2.24) is 9.97 Å². The van der Waals surface area contributed by atoms with Crippen LogP contribution in [0.2, 0.25) is 0 Å². The number of aryl methyl sites for hydroxylation is 1. The average molecular weight is 196 g/mol. The molecular weight excluding hydrogens is 184 g/mol. The lowest BCUT2D eigenvalue weighted by atomic mass is 10.2. The summed E-state index contributed by atoms with van der Waals surface area (Å²) in [5.74, 6) is 0.226. The topological polar surface area (TPSA) is 61.3 Å². The highest BCUT2D eigenvalue weighted by Gasteiger charge is 2.15. The van der Waals surface area contributed by atoms with E-state index in [1.807, 2.05) is 0 Å². The molecule has 5 nitrogen and oxygen atoms in total. The molecule has 14 heavy (non-hydrogen) atoms. The Morgan fingerprint density at radius 1 is 1.21 bits per heavy atom. The molecule has 0 aliphatic heterocycles. The summed E-state index contributed by atoms with van der Waals surface area (Å²) in [6.45, 7) is 3.15. The van der Waals surface area contributed by atoms with Crippen LogP contribution in [0.25, 0.3) is 0 Å². The third kappa shape index (κ3) is 1.81. The van der Waals surface area contributed by atoms with Crippen molar-refractivity contribution in [3.05, 3.63) is 11.4 Å². The van der Waals surface area contributed by atoms with Crippen LogP contribution in [0.15, 0.2) is 0 Å². The number of nitrogens with zero attached hydrogens (tertiary/aromatic N) is 2. The predicted octanol–water partition coefficient (Wildman–Crippen LogP) is 1.00. The Kier molecular flexibility index (Phi) is 3.01. The first kappa shape index (κ1) is 10.4. The van der Waals surface area contributed by atoms with E-state index in [0.29, 0.717) is 11.4 Å². The maximum Gasteiger partial charge on any atom is 0.317 e. The number of ether oxygens (including phenoxy) is 2. The van der Waals surface area contributed by atoms with E-state index in [0.717, 1.165) is 0 Å². The standard InChI is InChI=1S/C9H12N2O3/c1-5-8(13-3)7(6(2)12)11-9(10-5)14-4/h1-4H3. The van der Waals surface area contributed by atoms with Crippen molar-refractivity contribution < 1.29 is 14.3 Å². The van der Waals surface area contributed by atoms with Crippen LogP contribution in [0.5, 0.6) is 11.8 Å². The van der Waals surface area contributed by atoms with Gasteiger partial charge in [-0.25, -0.2) is 0 Å². The van der Waals surface area contributed by atoms with Crippen LogP contribution in [0, 0.1) is 6.92 Å². The van der Waals surface area contributed by atoms with Crippen LogP contribution in [-0.4, -0.2) is 30.0 Å². The molecule has 76 valence electrons. The van der Waals surface area contributed by atoms with E-state index in [4.69, 9.17) is 9.47 Å². The smallest absolute Gasteiger partial charge is 0.317 e. The summed E-state index contributed by atoms with van der Waals surface area (Å²) in [7, 11) is 2.93. The molecule has 1 rings (SSSR count). The van der Waals surface area contributed by atoms with E-state index in [1.54, 1.807) is 6.92 Å². The largest absolute Gasteiger partial charge is 0.492 e.